The predicted molar refractivity (Wildman–Crippen MR) is 109 cm³/mol. The van der Waals surface area contributed by atoms with E-state index in [1.165, 1.54) is 16.7 Å². The number of hydrogen-bond donors (Lipinski definition) is 1. The smallest absolute Gasteiger partial charge is 0.266 e. The van der Waals surface area contributed by atoms with Crippen molar-refractivity contribution in [2.45, 2.75) is 0 Å². The van der Waals surface area contributed by atoms with Crippen LogP contribution in [0.15, 0.2) is 77.6 Å². The zero-order valence-corrected chi connectivity index (χ0v) is 14.8. The average Bonchev–Trinajstić information content (AvgIpc) is 2.74. The maximum Gasteiger partial charge on any atom is 0.266 e. The lowest BCUT2D eigenvalue weighted by molar-refractivity contribution is 0.475. The molecule has 1 aromatic heterocycles. The van der Waals surface area contributed by atoms with Crippen LogP contribution < -0.4 is 5.56 Å². The molecule has 5 nitrogen and oxygen atoms in total. The van der Waals surface area contributed by atoms with Crippen molar-refractivity contribution in [3.05, 3.63) is 100 Å². The Kier molecular flexibility index (Phi) is 4.45. The third kappa shape index (κ3) is 3.27. The molecule has 0 spiro atoms. The molecule has 0 amide bonds. The second-order valence-electron chi connectivity index (χ2n) is 6.21. The van der Waals surface area contributed by atoms with Crippen LogP contribution in [0.1, 0.15) is 17.0 Å². The Hall–Kier alpha value is -4.17. The Balaban J connectivity index is 1.89. The van der Waals surface area contributed by atoms with Crippen LogP contribution in [0.3, 0.4) is 0 Å². The van der Waals surface area contributed by atoms with Gasteiger partial charge >= 0.3 is 0 Å². The summed E-state index contributed by atoms with van der Waals surface area (Å²) in [5, 5.41) is 19.0. The fraction of sp³-hybridized carbons (Fsp3) is 0. The van der Waals surface area contributed by atoms with Crippen molar-refractivity contribution in [3.8, 4) is 17.5 Å². The van der Waals surface area contributed by atoms with Gasteiger partial charge < -0.3 is 5.11 Å². The number of nitriles is 1. The molecule has 134 valence electrons. The Labute approximate surface area is 161 Å². The van der Waals surface area contributed by atoms with Crippen LogP contribution in [-0.2, 0) is 0 Å². The third-order valence-corrected chi connectivity index (χ3v) is 4.37. The minimum absolute atomic E-state index is 0.125. The highest BCUT2D eigenvalue weighted by Crippen LogP contribution is 2.18. The number of rotatable bonds is 3. The molecule has 0 unspecified atom stereocenters. The first kappa shape index (κ1) is 17.3. The van der Waals surface area contributed by atoms with Crippen molar-refractivity contribution < 1.29 is 5.11 Å². The van der Waals surface area contributed by atoms with Gasteiger partial charge in [-0.15, -0.1) is 0 Å². The number of aromatic hydroxyl groups is 1. The van der Waals surface area contributed by atoms with Gasteiger partial charge in [-0.25, -0.2) is 4.98 Å². The lowest BCUT2D eigenvalue weighted by Gasteiger charge is -2.11. The fourth-order valence-electron chi connectivity index (χ4n) is 2.95. The zero-order chi connectivity index (χ0) is 19.5. The van der Waals surface area contributed by atoms with Crippen molar-refractivity contribution in [3.63, 3.8) is 0 Å². The predicted octanol–water partition coefficient (Wildman–Crippen LogP) is 4.13. The van der Waals surface area contributed by atoms with Crippen molar-refractivity contribution in [1.82, 2.24) is 9.55 Å². The van der Waals surface area contributed by atoms with E-state index in [1.807, 2.05) is 24.3 Å². The molecule has 1 N–H and O–H groups in total. The molecular weight excluding hydrogens is 350 g/mol. The summed E-state index contributed by atoms with van der Waals surface area (Å²) in [5.41, 5.74) is 2.51. The number of phenolic OH excluding ortho intramolecular Hbond substituents is 1. The van der Waals surface area contributed by atoms with Crippen molar-refractivity contribution in [2.24, 2.45) is 0 Å². The molecule has 3 aromatic carbocycles. The van der Waals surface area contributed by atoms with Crippen LogP contribution >= 0.6 is 0 Å². The van der Waals surface area contributed by atoms with Gasteiger partial charge in [0.05, 0.1) is 28.2 Å². The molecular formula is C23H15N3O2. The van der Waals surface area contributed by atoms with E-state index in [1.54, 1.807) is 48.5 Å². The van der Waals surface area contributed by atoms with E-state index in [9.17, 15) is 9.90 Å². The third-order valence-electron chi connectivity index (χ3n) is 4.37. The largest absolute Gasteiger partial charge is 0.508 e. The van der Waals surface area contributed by atoms with Crippen LogP contribution in [0.5, 0.6) is 5.75 Å². The standard InChI is InChI=1S/C23H15N3O2/c24-15-17-7-5-16(6-8-17)9-14-22-25-21-4-2-1-3-20(21)23(28)26(22)18-10-12-19(27)13-11-18/h1-14,27H/b14-9+. The summed E-state index contributed by atoms with van der Waals surface area (Å²) >= 11 is 0. The molecule has 0 radical (unpaired) electrons. The van der Waals surface area contributed by atoms with Crippen LogP contribution in [0.2, 0.25) is 0 Å². The van der Waals surface area contributed by atoms with Gasteiger partial charge in [0.1, 0.15) is 11.6 Å². The number of aromatic nitrogens is 2. The second-order valence-corrected chi connectivity index (χ2v) is 6.21. The summed E-state index contributed by atoms with van der Waals surface area (Å²) < 4.78 is 1.52. The SMILES string of the molecule is N#Cc1ccc(/C=C/c2nc3ccccc3c(=O)n2-c2ccc(O)cc2)cc1. The summed E-state index contributed by atoms with van der Waals surface area (Å²) in [6.45, 7) is 0. The molecule has 0 saturated heterocycles. The second kappa shape index (κ2) is 7.22. The topological polar surface area (TPSA) is 78.9 Å². The Morgan fingerprint density at radius 1 is 0.929 bits per heavy atom. The zero-order valence-electron chi connectivity index (χ0n) is 14.8. The summed E-state index contributed by atoms with van der Waals surface area (Å²) in [4.78, 5) is 17.8. The molecule has 0 aliphatic rings. The summed E-state index contributed by atoms with van der Waals surface area (Å²) in [6.07, 6.45) is 3.61. The first-order valence-corrected chi connectivity index (χ1v) is 8.65. The molecule has 0 atom stereocenters. The van der Waals surface area contributed by atoms with E-state index >= 15 is 0 Å². The Bertz CT molecular complexity index is 1280. The fourth-order valence-corrected chi connectivity index (χ4v) is 2.95. The highest BCUT2D eigenvalue weighted by atomic mass is 16.3. The molecule has 0 fully saturated rings. The first-order chi connectivity index (χ1) is 13.7. The molecule has 0 saturated carbocycles. The van der Waals surface area contributed by atoms with Gasteiger partial charge in [-0.3, -0.25) is 9.36 Å². The number of benzene rings is 3. The minimum atomic E-state index is -0.184. The Morgan fingerprint density at radius 2 is 1.64 bits per heavy atom. The van der Waals surface area contributed by atoms with Gasteiger partial charge in [-0.05, 0) is 60.2 Å². The van der Waals surface area contributed by atoms with Crippen molar-refractivity contribution in [1.29, 1.82) is 5.26 Å². The van der Waals surface area contributed by atoms with E-state index in [2.05, 4.69) is 11.1 Å². The maximum atomic E-state index is 13.1. The number of fused-ring (bicyclic) bond motifs is 1. The summed E-state index contributed by atoms with van der Waals surface area (Å²) in [5.74, 6) is 0.596. The van der Waals surface area contributed by atoms with Crippen LogP contribution in [0.25, 0.3) is 28.7 Å². The molecule has 0 aliphatic carbocycles. The minimum Gasteiger partial charge on any atom is -0.508 e. The maximum absolute atomic E-state index is 13.1. The van der Waals surface area contributed by atoms with Gasteiger partial charge in [0.25, 0.3) is 5.56 Å². The lowest BCUT2D eigenvalue weighted by Crippen LogP contribution is -2.22. The first-order valence-electron chi connectivity index (χ1n) is 8.65. The molecule has 0 aliphatic heterocycles. The molecule has 4 rings (SSSR count). The van der Waals surface area contributed by atoms with Crippen LogP contribution in [0.4, 0.5) is 0 Å². The summed E-state index contributed by atoms with van der Waals surface area (Å²) in [7, 11) is 0. The lowest BCUT2D eigenvalue weighted by atomic mass is 10.1. The summed E-state index contributed by atoms with van der Waals surface area (Å²) in [6, 6.07) is 22.8. The Morgan fingerprint density at radius 3 is 2.36 bits per heavy atom. The number of nitrogens with zero attached hydrogens (tertiary/aromatic N) is 3. The average molecular weight is 365 g/mol. The molecule has 28 heavy (non-hydrogen) atoms. The molecule has 1 heterocycles. The van der Waals surface area contributed by atoms with E-state index in [0.29, 0.717) is 28.0 Å². The van der Waals surface area contributed by atoms with Gasteiger partial charge in [0.2, 0.25) is 0 Å². The quantitative estimate of drug-likeness (QED) is 0.592. The van der Waals surface area contributed by atoms with Gasteiger partial charge in [0, 0.05) is 0 Å². The van der Waals surface area contributed by atoms with E-state index in [4.69, 9.17) is 5.26 Å². The monoisotopic (exact) mass is 365 g/mol. The van der Waals surface area contributed by atoms with Gasteiger partial charge in [0.15, 0.2) is 0 Å². The van der Waals surface area contributed by atoms with Crippen molar-refractivity contribution in [2.75, 3.05) is 0 Å². The highest BCUT2D eigenvalue weighted by molar-refractivity contribution is 5.80. The van der Waals surface area contributed by atoms with E-state index in [-0.39, 0.29) is 11.3 Å². The molecule has 4 aromatic rings. The van der Waals surface area contributed by atoms with E-state index < -0.39 is 0 Å². The number of para-hydroxylation sites is 1. The number of hydrogen-bond acceptors (Lipinski definition) is 4. The van der Waals surface area contributed by atoms with Crippen molar-refractivity contribution >= 4 is 23.1 Å². The molecule has 5 heteroatoms. The van der Waals surface area contributed by atoms with E-state index in [0.717, 1.165) is 5.56 Å². The van der Waals surface area contributed by atoms with Gasteiger partial charge in [-0.1, -0.05) is 30.3 Å². The van der Waals surface area contributed by atoms with Crippen LogP contribution in [0, 0.1) is 11.3 Å². The highest BCUT2D eigenvalue weighted by Gasteiger charge is 2.11. The number of phenols is 1. The normalized spacial score (nSPS) is 11.0. The van der Waals surface area contributed by atoms with Crippen LogP contribution in [-0.4, -0.2) is 14.7 Å². The van der Waals surface area contributed by atoms with Gasteiger partial charge in [-0.2, -0.15) is 5.26 Å². The molecule has 0 bridgehead atoms.